The second-order valence-electron chi connectivity index (χ2n) is 6.38. The first-order chi connectivity index (χ1) is 10.8. The normalized spacial score (nSPS) is 22.3. The molecule has 1 aromatic rings. The third-order valence-electron chi connectivity index (χ3n) is 4.91. The van der Waals surface area contributed by atoms with Gasteiger partial charge in [-0.05, 0) is 30.9 Å². The molecule has 0 atom stereocenters. The molecule has 22 heavy (non-hydrogen) atoms. The molecule has 3 heteroatoms. The molecule has 0 N–H and O–H groups in total. The Balaban J connectivity index is 1.94. The van der Waals surface area contributed by atoms with Gasteiger partial charge in [-0.1, -0.05) is 62.9 Å². The minimum atomic E-state index is -0.194. The van der Waals surface area contributed by atoms with E-state index >= 15 is 0 Å². The lowest BCUT2D eigenvalue weighted by molar-refractivity contribution is 0.128. The summed E-state index contributed by atoms with van der Waals surface area (Å²) in [6.07, 6.45) is 9.70. The minimum absolute atomic E-state index is 0.155. The van der Waals surface area contributed by atoms with Crippen molar-refractivity contribution in [3.05, 3.63) is 41.7 Å². The van der Waals surface area contributed by atoms with E-state index in [2.05, 4.69) is 25.1 Å². The number of benzene rings is 1. The van der Waals surface area contributed by atoms with E-state index in [4.69, 9.17) is 4.74 Å². The third kappa shape index (κ3) is 2.77. The van der Waals surface area contributed by atoms with Crippen LogP contribution in [0.25, 0.3) is 6.08 Å². The zero-order valence-corrected chi connectivity index (χ0v) is 13.4. The molecule has 2 aliphatic rings. The van der Waals surface area contributed by atoms with E-state index in [-0.39, 0.29) is 11.6 Å². The summed E-state index contributed by atoms with van der Waals surface area (Å²) in [6.45, 7) is 2.97. The van der Waals surface area contributed by atoms with E-state index < -0.39 is 0 Å². The first kappa shape index (κ1) is 15.1. The van der Waals surface area contributed by atoms with Gasteiger partial charge in [-0.25, -0.2) is 4.79 Å². The number of hydrogen-bond acceptors (Lipinski definition) is 2. The standard InChI is InChI=1S/C19H25NO2/c1-2-3-14-20-18(21)22-17(15-16-10-6-4-7-11-16)19(20)12-8-5-9-13-19/h4,6-7,10-11,15H,2-3,5,8-9,12-14H2,1H3/b17-15-. The largest absolute Gasteiger partial charge is 0.415 e. The molecule has 0 unspecified atom stereocenters. The molecule has 3 rings (SSSR count). The van der Waals surface area contributed by atoms with Crippen LogP contribution in [0.4, 0.5) is 4.79 Å². The van der Waals surface area contributed by atoms with E-state index in [0.717, 1.165) is 43.6 Å². The van der Waals surface area contributed by atoms with Gasteiger partial charge in [-0.2, -0.15) is 0 Å². The quantitative estimate of drug-likeness (QED) is 0.784. The number of rotatable bonds is 4. The van der Waals surface area contributed by atoms with Gasteiger partial charge in [-0.15, -0.1) is 0 Å². The van der Waals surface area contributed by atoms with Crippen LogP contribution in [0.3, 0.4) is 0 Å². The molecule has 1 aliphatic carbocycles. The number of amides is 1. The van der Waals surface area contributed by atoms with Gasteiger partial charge in [0.2, 0.25) is 0 Å². The number of carbonyl (C=O) groups is 1. The SMILES string of the molecule is CCCCN1C(=O)O/C(=C\c2ccccc2)C12CCCCC2. The predicted octanol–water partition coefficient (Wildman–Crippen LogP) is 4.98. The highest BCUT2D eigenvalue weighted by molar-refractivity contribution is 5.77. The first-order valence-electron chi connectivity index (χ1n) is 8.53. The Bertz CT molecular complexity index is 544. The summed E-state index contributed by atoms with van der Waals surface area (Å²) < 4.78 is 5.72. The van der Waals surface area contributed by atoms with Crippen molar-refractivity contribution in [2.45, 2.75) is 57.4 Å². The fourth-order valence-electron chi connectivity index (χ4n) is 3.69. The maximum Gasteiger partial charge on any atom is 0.415 e. The second-order valence-corrected chi connectivity index (χ2v) is 6.38. The number of unbranched alkanes of at least 4 members (excludes halogenated alkanes) is 1. The molecular formula is C19H25NO2. The average molecular weight is 299 g/mol. The van der Waals surface area contributed by atoms with Gasteiger partial charge in [0.25, 0.3) is 0 Å². The Kier molecular flexibility index (Phi) is 4.51. The summed E-state index contributed by atoms with van der Waals surface area (Å²) in [5, 5.41) is 0. The molecule has 2 fully saturated rings. The molecule has 0 radical (unpaired) electrons. The Hall–Kier alpha value is -1.77. The van der Waals surface area contributed by atoms with E-state index in [1.54, 1.807) is 0 Å². The van der Waals surface area contributed by atoms with E-state index in [1.165, 1.54) is 19.3 Å². The van der Waals surface area contributed by atoms with Crippen molar-refractivity contribution in [2.75, 3.05) is 6.54 Å². The van der Waals surface area contributed by atoms with Crippen LogP contribution < -0.4 is 0 Å². The van der Waals surface area contributed by atoms with Crippen molar-refractivity contribution in [3.8, 4) is 0 Å². The van der Waals surface area contributed by atoms with Crippen LogP contribution >= 0.6 is 0 Å². The summed E-state index contributed by atoms with van der Waals surface area (Å²) >= 11 is 0. The molecule has 3 nitrogen and oxygen atoms in total. The van der Waals surface area contributed by atoms with Crippen molar-refractivity contribution in [2.24, 2.45) is 0 Å². The fourth-order valence-corrected chi connectivity index (χ4v) is 3.69. The highest BCUT2D eigenvalue weighted by atomic mass is 16.6. The summed E-state index contributed by atoms with van der Waals surface area (Å²) in [5.41, 5.74) is 0.910. The molecule has 118 valence electrons. The lowest BCUT2D eigenvalue weighted by Gasteiger charge is -2.39. The van der Waals surface area contributed by atoms with Gasteiger partial charge in [0.05, 0.1) is 0 Å². The van der Waals surface area contributed by atoms with Gasteiger partial charge in [0, 0.05) is 6.54 Å². The second kappa shape index (κ2) is 6.55. The van der Waals surface area contributed by atoms with E-state index in [0.29, 0.717) is 0 Å². The number of ether oxygens (including phenoxy) is 1. The third-order valence-corrected chi connectivity index (χ3v) is 4.91. The predicted molar refractivity (Wildman–Crippen MR) is 88.3 cm³/mol. The van der Waals surface area contributed by atoms with Crippen LogP contribution in [0.1, 0.15) is 57.4 Å². The fraction of sp³-hybridized carbons (Fsp3) is 0.526. The van der Waals surface area contributed by atoms with Crippen LogP contribution in [0.2, 0.25) is 0 Å². The topological polar surface area (TPSA) is 29.5 Å². The smallest absolute Gasteiger partial charge is 0.412 e. The molecule has 1 heterocycles. The monoisotopic (exact) mass is 299 g/mol. The first-order valence-corrected chi connectivity index (χ1v) is 8.53. The van der Waals surface area contributed by atoms with Crippen molar-refractivity contribution in [1.82, 2.24) is 4.90 Å². The maximum absolute atomic E-state index is 12.4. The highest BCUT2D eigenvalue weighted by Gasteiger charge is 2.51. The van der Waals surface area contributed by atoms with Gasteiger partial charge in [0.15, 0.2) is 0 Å². The number of cyclic esters (lactones) is 1. The summed E-state index contributed by atoms with van der Waals surface area (Å²) in [4.78, 5) is 14.4. The Labute approximate surface area is 133 Å². The Morgan fingerprint density at radius 1 is 1.18 bits per heavy atom. The molecule has 1 saturated carbocycles. The molecule has 1 amide bonds. The van der Waals surface area contributed by atoms with E-state index in [1.807, 2.05) is 23.1 Å². The van der Waals surface area contributed by atoms with Crippen LogP contribution in [-0.2, 0) is 4.74 Å². The van der Waals surface area contributed by atoms with Crippen LogP contribution in [-0.4, -0.2) is 23.1 Å². The lowest BCUT2D eigenvalue weighted by atomic mass is 9.79. The van der Waals surface area contributed by atoms with E-state index in [9.17, 15) is 4.79 Å². The number of hydrogen-bond donors (Lipinski definition) is 0. The minimum Gasteiger partial charge on any atom is -0.412 e. The van der Waals surface area contributed by atoms with Gasteiger partial charge in [0.1, 0.15) is 11.3 Å². The zero-order valence-electron chi connectivity index (χ0n) is 13.4. The van der Waals surface area contributed by atoms with Gasteiger partial charge >= 0.3 is 6.09 Å². The van der Waals surface area contributed by atoms with Crippen molar-refractivity contribution in [3.63, 3.8) is 0 Å². The van der Waals surface area contributed by atoms with Crippen molar-refractivity contribution < 1.29 is 9.53 Å². The van der Waals surface area contributed by atoms with Crippen LogP contribution in [0.15, 0.2) is 36.1 Å². The summed E-state index contributed by atoms with van der Waals surface area (Å²) in [5.74, 6) is 0.861. The molecule has 1 aromatic carbocycles. The molecule has 1 spiro atoms. The summed E-state index contributed by atoms with van der Waals surface area (Å²) in [6, 6.07) is 10.2. The average Bonchev–Trinajstić information content (AvgIpc) is 2.79. The van der Waals surface area contributed by atoms with Crippen molar-refractivity contribution in [1.29, 1.82) is 0 Å². The molecular weight excluding hydrogens is 274 g/mol. The van der Waals surface area contributed by atoms with Crippen molar-refractivity contribution >= 4 is 12.2 Å². The zero-order chi connectivity index (χ0) is 15.4. The van der Waals surface area contributed by atoms with Crippen LogP contribution in [0.5, 0.6) is 0 Å². The molecule has 0 bridgehead atoms. The molecule has 1 aliphatic heterocycles. The molecule has 1 saturated heterocycles. The van der Waals surface area contributed by atoms with Gasteiger partial charge < -0.3 is 4.74 Å². The van der Waals surface area contributed by atoms with Crippen LogP contribution in [0, 0.1) is 0 Å². The Morgan fingerprint density at radius 2 is 1.91 bits per heavy atom. The lowest BCUT2D eigenvalue weighted by Crippen LogP contribution is -2.48. The maximum atomic E-state index is 12.4. The Morgan fingerprint density at radius 3 is 2.59 bits per heavy atom. The van der Waals surface area contributed by atoms with Gasteiger partial charge in [-0.3, -0.25) is 4.90 Å². The summed E-state index contributed by atoms with van der Waals surface area (Å²) in [7, 11) is 0. The molecule has 0 aromatic heterocycles. The number of carbonyl (C=O) groups excluding carboxylic acids is 1. The highest BCUT2D eigenvalue weighted by Crippen LogP contribution is 2.45. The number of nitrogens with zero attached hydrogens (tertiary/aromatic N) is 1.